The van der Waals surface area contributed by atoms with E-state index in [0.717, 1.165) is 27.8 Å². The number of benzene rings is 4. The van der Waals surface area contributed by atoms with Crippen LogP contribution in [0.15, 0.2) is 133 Å². The third kappa shape index (κ3) is 12.0. The van der Waals surface area contributed by atoms with Crippen molar-refractivity contribution in [2.24, 2.45) is 7.05 Å². The van der Waals surface area contributed by atoms with Crippen molar-refractivity contribution in [1.29, 1.82) is 0 Å². The summed E-state index contributed by atoms with van der Waals surface area (Å²) in [6.07, 6.45) is 11.4. The smallest absolute Gasteiger partial charge is 0.286 e. The highest BCUT2D eigenvalue weighted by Gasteiger charge is 2.35. The zero-order valence-electron chi connectivity index (χ0n) is 38.7. The number of hydrogen-bond donors (Lipinski definition) is 3. The van der Waals surface area contributed by atoms with Crippen molar-refractivity contribution in [2.45, 2.75) is 70.2 Å². The number of rotatable bonds is 19. The first-order valence-electron chi connectivity index (χ1n) is 23.3. The minimum Gasteiger partial charge on any atom is -0.388 e. The van der Waals surface area contributed by atoms with Gasteiger partial charge >= 0.3 is 0 Å². The maximum absolute atomic E-state index is 13.7. The van der Waals surface area contributed by atoms with Crippen LogP contribution in [0, 0.1) is 0 Å². The van der Waals surface area contributed by atoms with Crippen molar-refractivity contribution >= 4 is 51.7 Å². The highest BCUT2D eigenvalue weighted by Crippen LogP contribution is 2.29. The molecule has 7 aromatic rings. The minimum absolute atomic E-state index is 0.0558. The van der Waals surface area contributed by atoms with Crippen molar-refractivity contribution in [3.8, 4) is 11.3 Å². The summed E-state index contributed by atoms with van der Waals surface area (Å²) >= 11 is 0. The lowest BCUT2D eigenvalue weighted by molar-refractivity contribution is -0.684. The zero-order chi connectivity index (χ0) is 47.5. The summed E-state index contributed by atoms with van der Waals surface area (Å²) in [4.78, 5) is 58.3. The van der Waals surface area contributed by atoms with Crippen molar-refractivity contribution in [3.63, 3.8) is 0 Å². The molecule has 3 amide bonds. The van der Waals surface area contributed by atoms with Gasteiger partial charge in [-0.1, -0.05) is 116 Å². The summed E-state index contributed by atoms with van der Waals surface area (Å²) in [6.45, 7) is 4.61. The summed E-state index contributed by atoms with van der Waals surface area (Å²) in [7, 11) is 1.76. The molecule has 14 heteroatoms. The highest BCUT2D eigenvalue weighted by atomic mass is 16.5. The number of hydrogen-bond acceptors (Lipinski definition) is 8. The monoisotopic (exact) mass is 915 g/mol. The van der Waals surface area contributed by atoms with E-state index in [4.69, 9.17) is 4.74 Å². The molecule has 1 fully saturated rings. The molecule has 0 aliphatic carbocycles. The summed E-state index contributed by atoms with van der Waals surface area (Å²) < 4.78 is 10.5. The lowest BCUT2D eigenvalue weighted by Crippen LogP contribution is -2.49. The average molecular weight is 916 g/mol. The Labute approximate surface area is 395 Å². The van der Waals surface area contributed by atoms with E-state index in [0.29, 0.717) is 82.7 Å². The maximum atomic E-state index is 13.7. The van der Waals surface area contributed by atoms with Gasteiger partial charge in [0.15, 0.2) is 17.9 Å². The quantitative estimate of drug-likeness (QED) is 0.0640. The minimum atomic E-state index is -1.16. The number of aromatic nitrogens is 5. The van der Waals surface area contributed by atoms with E-state index in [1.807, 2.05) is 108 Å². The van der Waals surface area contributed by atoms with Crippen LogP contribution in [-0.4, -0.2) is 85.5 Å². The van der Waals surface area contributed by atoms with Crippen molar-refractivity contribution < 1.29 is 28.8 Å². The number of nitrogens with zero attached hydrogens (tertiary/aromatic N) is 6. The van der Waals surface area contributed by atoms with Crippen LogP contribution in [0.2, 0.25) is 0 Å². The third-order valence-corrected chi connectivity index (χ3v) is 12.7. The summed E-state index contributed by atoms with van der Waals surface area (Å²) in [5.74, 6) is -0.0420. The molecule has 4 heterocycles. The summed E-state index contributed by atoms with van der Waals surface area (Å²) in [5, 5.41) is 24.3. The molecule has 1 aliphatic heterocycles. The van der Waals surface area contributed by atoms with E-state index in [1.165, 1.54) is 21.7 Å². The SMILES string of the molecule is C[C@H](CC(=O)N1CCC(O)(Cn2cnc3c(-c4ccc(CNC(=O)CCCOCCNC(=O)C[n+]5ccc(/C=C/c6cccc7ccccc67)cc5)cc4)n(C)nc3c2=O)CC1)c1ccccc1. The van der Waals surface area contributed by atoms with Crippen LogP contribution in [-0.2, 0) is 45.8 Å². The number of likely N-dealkylation sites (tertiary alicyclic amines) is 1. The van der Waals surface area contributed by atoms with E-state index in [2.05, 4.69) is 63.2 Å². The third-order valence-electron chi connectivity index (χ3n) is 12.7. The first-order chi connectivity index (χ1) is 33.0. The second-order valence-electron chi connectivity index (χ2n) is 17.7. The number of ether oxygens (including phenoxy) is 1. The second kappa shape index (κ2) is 22.0. The van der Waals surface area contributed by atoms with Crippen molar-refractivity contribution in [2.75, 3.05) is 32.8 Å². The zero-order valence-corrected chi connectivity index (χ0v) is 38.7. The number of fused-ring (bicyclic) bond motifs is 2. The molecular weight excluding hydrogens is 857 g/mol. The van der Waals surface area contributed by atoms with E-state index in [9.17, 15) is 24.3 Å². The number of carbonyl (C=O) groups is 3. The molecule has 350 valence electrons. The number of aryl methyl sites for hydroxylation is 1. The van der Waals surface area contributed by atoms with Gasteiger partial charge in [0.25, 0.3) is 11.5 Å². The van der Waals surface area contributed by atoms with Gasteiger partial charge in [0.2, 0.25) is 18.4 Å². The topological polar surface area (TPSA) is 165 Å². The Morgan fingerprint density at radius 1 is 0.853 bits per heavy atom. The maximum Gasteiger partial charge on any atom is 0.286 e. The van der Waals surface area contributed by atoms with Gasteiger partial charge < -0.3 is 25.4 Å². The molecule has 0 spiro atoms. The highest BCUT2D eigenvalue weighted by molar-refractivity contribution is 5.93. The van der Waals surface area contributed by atoms with Crippen LogP contribution in [0.5, 0.6) is 0 Å². The standard InChI is InChI=1S/C54H58N8O6/c1-39(42-10-4-3-5-11-42)34-49(65)61-30-25-54(67,26-31-61)37-62-38-57-50-51(53(62)66)58-59(2)52(50)45-21-18-41(19-22-45)35-56-47(63)16-9-32-68-33-27-55-48(64)36-60-28-23-40(24-29-60)17-20-44-14-8-13-43-12-6-7-15-46(43)44/h3-8,10-15,17-24,28-29,38-39,67H,9,16,25-27,30-37H2,1-2H3,(H-,55,56,63,64)/p+1/b20-17+/t39-/m1/s1. The molecule has 1 aliphatic rings. The number of nitrogens with one attached hydrogen (secondary N) is 2. The molecule has 0 radical (unpaired) electrons. The summed E-state index contributed by atoms with van der Waals surface area (Å²) in [5.41, 5.74) is 4.89. The van der Waals surface area contributed by atoms with Gasteiger partial charge in [0.1, 0.15) is 5.52 Å². The molecule has 0 bridgehead atoms. The van der Waals surface area contributed by atoms with Gasteiger partial charge in [-0.25, -0.2) is 4.98 Å². The molecule has 68 heavy (non-hydrogen) atoms. The normalized spacial score (nSPS) is 14.1. The fourth-order valence-electron chi connectivity index (χ4n) is 8.73. The molecule has 14 nitrogen and oxygen atoms in total. The van der Waals surface area contributed by atoms with Crippen LogP contribution in [0.4, 0.5) is 0 Å². The van der Waals surface area contributed by atoms with Gasteiger partial charge in [-0.3, -0.25) is 28.4 Å². The number of carbonyl (C=O) groups excluding carboxylic acids is 3. The molecule has 8 rings (SSSR count). The van der Waals surface area contributed by atoms with E-state index < -0.39 is 5.60 Å². The fraction of sp³-hybridized carbons (Fsp3) is 0.315. The fourth-order valence-corrected chi connectivity index (χ4v) is 8.73. The predicted octanol–water partition coefficient (Wildman–Crippen LogP) is 6.18. The Hall–Kier alpha value is -7.29. The van der Waals surface area contributed by atoms with Crippen LogP contribution < -0.4 is 20.8 Å². The predicted molar refractivity (Wildman–Crippen MR) is 263 cm³/mol. The van der Waals surface area contributed by atoms with E-state index in [1.54, 1.807) is 11.7 Å². The Kier molecular flexibility index (Phi) is 15.3. The first kappa shape index (κ1) is 47.2. The van der Waals surface area contributed by atoms with Crippen LogP contribution >= 0.6 is 0 Å². The molecule has 3 aromatic heterocycles. The molecule has 0 unspecified atom stereocenters. The molecule has 1 saturated heterocycles. The van der Waals surface area contributed by atoms with E-state index >= 15 is 0 Å². The first-order valence-corrected chi connectivity index (χ1v) is 23.3. The Bertz CT molecular complexity index is 2930. The van der Waals surface area contributed by atoms with Crippen LogP contribution in [0.1, 0.15) is 67.2 Å². The van der Waals surface area contributed by atoms with Crippen LogP contribution in [0.25, 0.3) is 45.2 Å². The average Bonchev–Trinajstić information content (AvgIpc) is 3.70. The molecular formula is C54H59N8O6+. The van der Waals surface area contributed by atoms with Crippen molar-refractivity contribution in [1.82, 2.24) is 34.9 Å². The van der Waals surface area contributed by atoms with E-state index in [-0.39, 0.29) is 47.8 Å². The van der Waals surface area contributed by atoms with Crippen LogP contribution in [0.3, 0.4) is 0 Å². The Balaban J connectivity index is 0.719. The van der Waals surface area contributed by atoms with Gasteiger partial charge in [0.05, 0.1) is 30.8 Å². The lowest BCUT2D eigenvalue weighted by atomic mass is 9.90. The largest absolute Gasteiger partial charge is 0.388 e. The number of aliphatic hydroxyl groups is 1. The van der Waals surface area contributed by atoms with Crippen molar-refractivity contribution in [3.05, 3.63) is 161 Å². The summed E-state index contributed by atoms with van der Waals surface area (Å²) in [6, 6.07) is 36.2. The molecule has 1 atom stereocenters. The van der Waals surface area contributed by atoms with Gasteiger partial charge in [-0.05, 0) is 58.2 Å². The number of piperidine rings is 1. The Morgan fingerprint density at radius 3 is 2.37 bits per heavy atom. The number of pyridine rings is 1. The van der Waals surface area contributed by atoms with Gasteiger partial charge in [-0.2, -0.15) is 9.67 Å². The molecule has 0 saturated carbocycles. The molecule has 4 aromatic carbocycles. The number of amides is 3. The Morgan fingerprint density at radius 2 is 1.59 bits per heavy atom. The van der Waals surface area contributed by atoms with Gasteiger partial charge in [0, 0.05) is 70.4 Å². The molecule has 3 N–H and O–H groups in total. The van der Waals surface area contributed by atoms with Gasteiger partial charge in [-0.15, -0.1) is 0 Å². The lowest BCUT2D eigenvalue weighted by Gasteiger charge is -2.38. The second-order valence-corrected chi connectivity index (χ2v) is 17.7.